The third-order valence-electron chi connectivity index (χ3n) is 3.44. The molecule has 0 heterocycles. The van der Waals surface area contributed by atoms with Crippen LogP contribution >= 0.6 is 0 Å². The molecule has 0 aliphatic heterocycles. The molecule has 0 atom stereocenters. The Balaban J connectivity index is 3.31. The maximum atomic E-state index is 6.35. The predicted octanol–water partition coefficient (Wildman–Crippen LogP) is 5.87. The molecule has 0 bridgehead atoms. The first-order valence-corrected chi connectivity index (χ1v) is 10.8. The summed E-state index contributed by atoms with van der Waals surface area (Å²) >= 11 is -2.56. The van der Waals surface area contributed by atoms with E-state index in [2.05, 4.69) is 59.7 Å². The van der Waals surface area contributed by atoms with Crippen molar-refractivity contribution in [2.45, 2.75) is 92.3 Å². The predicted molar refractivity (Wildman–Crippen MR) is 96.9 cm³/mol. The molecule has 24 heavy (non-hydrogen) atoms. The molecule has 0 unspecified atom stereocenters. The Morgan fingerprint density at radius 3 is 1.67 bits per heavy atom. The summed E-state index contributed by atoms with van der Waals surface area (Å²) in [5.74, 6) is 0.909. The third-order valence-corrected chi connectivity index (χ3v) is 6.12. The van der Waals surface area contributed by atoms with Gasteiger partial charge in [0, 0.05) is 0 Å². The van der Waals surface area contributed by atoms with Crippen LogP contribution in [-0.4, -0.2) is 12.2 Å². The fraction of sp³-hybridized carbons (Fsp3) is 0.700. The van der Waals surface area contributed by atoms with E-state index in [0.717, 1.165) is 5.75 Å². The Hall–Kier alpha value is -0.346. The van der Waals surface area contributed by atoms with E-state index in [9.17, 15) is 0 Å². The van der Waals surface area contributed by atoms with Crippen molar-refractivity contribution < 1.29 is 29.0 Å². The van der Waals surface area contributed by atoms with Crippen LogP contribution in [0.5, 0.6) is 5.75 Å². The fourth-order valence-electron chi connectivity index (χ4n) is 2.57. The molecule has 0 radical (unpaired) electrons. The van der Waals surface area contributed by atoms with Gasteiger partial charge in [-0.3, -0.25) is 0 Å². The molecule has 1 rings (SSSR count). The van der Waals surface area contributed by atoms with Crippen molar-refractivity contribution in [1.29, 1.82) is 0 Å². The summed E-state index contributed by atoms with van der Waals surface area (Å²) in [5, 5.41) is 0. The summed E-state index contributed by atoms with van der Waals surface area (Å²) in [6, 6.07) is 6.34. The summed E-state index contributed by atoms with van der Waals surface area (Å²) in [6.07, 6.45) is 0.199. The van der Waals surface area contributed by atoms with Gasteiger partial charge in [0.1, 0.15) is 0 Å². The van der Waals surface area contributed by atoms with Gasteiger partial charge in [0.15, 0.2) is 0 Å². The van der Waals surface area contributed by atoms with Crippen molar-refractivity contribution in [3.8, 4) is 5.75 Å². The van der Waals surface area contributed by atoms with Crippen LogP contribution in [0, 0.1) is 0 Å². The summed E-state index contributed by atoms with van der Waals surface area (Å²) in [5.41, 5.74) is 2.61. The minimum absolute atomic E-state index is 0.0156. The number of hydrogen-bond acceptors (Lipinski definition) is 3. The van der Waals surface area contributed by atoms with Crippen LogP contribution in [0.25, 0.3) is 0 Å². The van der Waals surface area contributed by atoms with Crippen molar-refractivity contribution in [2.75, 3.05) is 0 Å². The van der Waals surface area contributed by atoms with Crippen molar-refractivity contribution >= 4 is 0 Å². The molecule has 0 N–H and O–H groups in total. The molecule has 0 spiro atoms. The van der Waals surface area contributed by atoms with Gasteiger partial charge in [-0.15, -0.1) is 0 Å². The van der Waals surface area contributed by atoms with Crippen LogP contribution in [0.3, 0.4) is 0 Å². The first kappa shape index (κ1) is 21.7. The third kappa shape index (κ3) is 6.52. The Morgan fingerprint density at radius 2 is 1.29 bits per heavy atom. The maximum absolute atomic E-state index is 6.35. The second kappa shape index (κ2) is 8.36. The molecule has 1 aromatic rings. The zero-order valence-corrected chi connectivity index (χ0v) is 18.7. The molecule has 1 aromatic carbocycles. The van der Waals surface area contributed by atoms with E-state index in [4.69, 9.17) is 9.96 Å². The topological polar surface area (TPSA) is 27.7 Å². The second-order valence-corrected chi connectivity index (χ2v) is 10.7. The Bertz CT molecular complexity index is 515. The summed E-state index contributed by atoms with van der Waals surface area (Å²) < 4.78 is 18.3. The van der Waals surface area contributed by atoms with Gasteiger partial charge >= 0.3 is 156 Å². The van der Waals surface area contributed by atoms with Crippen LogP contribution in [-0.2, 0) is 36.5 Å². The molecular weight excluding hydrogens is 336 g/mol. The molecule has 0 aliphatic carbocycles. The Morgan fingerprint density at radius 1 is 0.792 bits per heavy atom. The van der Waals surface area contributed by atoms with E-state index >= 15 is 0 Å². The first-order valence-electron chi connectivity index (χ1n) is 8.84. The van der Waals surface area contributed by atoms with Gasteiger partial charge in [0.2, 0.25) is 0 Å². The molecule has 0 fully saturated rings. The molecule has 0 saturated heterocycles. The van der Waals surface area contributed by atoms with Crippen LogP contribution in [0.1, 0.15) is 80.4 Å². The summed E-state index contributed by atoms with van der Waals surface area (Å²) in [4.78, 5) is 0. The molecule has 0 amide bonds. The van der Waals surface area contributed by atoms with Crippen LogP contribution < -0.4 is 3.32 Å². The zero-order chi connectivity index (χ0) is 18.7. The Labute approximate surface area is 156 Å². The number of benzene rings is 1. The zero-order valence-electron chi connectivity index (χ0n) is 17.1. The first-order chi connectivity index (χ1) is 10.8. The quantitative estimate of drug-likeness (QED) is 0.585. The molecular formula is C20H35O3Ti. The van der Waals surface area contributed by atoms with Crippen molar-refractivity contribution in [3.63, 3.8) is 0 Å². The normalized spacial score (nSPS) is 12.8. The van der Waals surface area contributed by atoms with E-state index in [-0.39, 0.29) is 23.0 Å². The van der Waals surface area contributed by atoms with E-state index in [1.165, 1.54) is 11.1 Å². The molecule has 0 saturated carbocycles. The van der Waals surface area contributed by atoms with Crippen LogP contribution in [0.15, 0.2) is 18.2 Å². The minimum atomic E-state index is -2.56. The second-order valence-electron chi connectivity index (χ2n) is 8.86. The Kier molecular flexibility index (Phi) is 7.55. The van der Waals surface area contributed by atoms with Crippen molar-refractivity contribution in [1.82, 2.24) is 0 Å². The standard InChI is InChI=1S/C14H22O.2C3H7O.Ti/c1-13(2,3)10-8-7-9-11(15)12(10)14(4,5)6;2*1-3(2)4;/h7-9,15H,1-6H3;2*3H,1-2H3;/q;2*-1;+3/p-1. The molecule has 0 aliphatic rings. The van der Waals surface area contributed by atoms with Crippen LogP contribution in [0.4, 0.5) is 0 Å². The van der Waals surface area contributed by atoms with Crippen LogP contribution in [0.2, 0.25) is 0 Å². The average molecular weight is 371 g/mol. The van der Waals surface area contributed by atoms with Gasteiger partial charge in [-0.2, -0.15) is 0 Å². The monoisotopic (exact) mass is 371 g/mol. The van der Waals surface area contributed by atoms with E-state index < -0.39 is 19.0 Å². The van der Waals surface area contributed by atoms with Gasteiger partial charge < -0.3 is 0 Å². The van der Waals surface area contributed by atoms with Gasteiger partial charge in [-0.1, -0.05) is 0 Å². The van der Waals surface area contributed by atoms with E-state index in [1.54, 1.807) is 0 Å². The van der Waals surface area contributed by atoms with Gasteiger partial charge in [-0.25, -0.2) is 0 Å². The molecule has 4 heteroatoms. The van der Waals surface area contributed by atoms with Crippen molar-refractivity contribution in [2.24, 2.45) is 0 Å². The number of hydrogen-bond donors (Lipinski definition) is 0. The molecule has 0 aromatic heterocycles. The molecule has 3 nitrogen and oxygen atoms in total. The van der Waals surface area contributed by atoms with Gasteiger partial charge in [0.25, 0.3) is 0 Å². The average Bonchev–Trinajstić information content (AvgIpc) is 2.34. The summed E-state index contributed by atoms with van der Waals surface area (Å²) in [6.45, 7) is 21.5. The summed E-state index contributed by atoms with van der Waals surface area (Å²) in [7, 11) is 0. The van der Waals surface area contributed by atoms with Gasteiger partial charge in [0.05, 0.1) is 0 Å². The van der Waals surface area contributed by atoms with E-state index in [1.807, 2.05) is 27.7 Å². The number of rotatable bonds is 6. The molecule has 137 valence electrons. The SMILES string of the molecule is CC(C)[O][Ti]([O]c1cccc(C(C)(C)C)c1C(C)(C)C)[O]C(C)C. The van der Waals surface area contributed by atoms with E-state index in [0.29, 0.717) is 0 Å². The fourth-order valence-corrected chi connectivity index (χ4v) is 4.55. The van der Waals surface area contributed by atoms with Gasteiger partial charge in [-0.05, 0) is 0 Å². The van der Waals surface area contributed by atoms with Crippen molar-refractivity contribution in [3.05, 3.63) is 29.3 Å².